The van der Waals surface area contributed by atoms with Crippen molar-refractivity contribution in [3.63, 3.8) is 0 Å². The molecule has 0 amide bonds. The van der Waals surface area contributed by atoms with Crippen LogP contribution in [0.25, 0.3) is 10.9 Å². The Labute approximate surface area is 182 Å². The van der Waals surface area contributed by atoms with Gasteiger partial charge in [0.15, 0.2) is 0 Å². The fourth-order valence-corrected chi connectivity index (χ4v) is 3.62. The first-order chi connectivity index (χ1) is 15.2. The Morgan fingerprint density at radius 1 is 1.22 bits per heavy atom. The van der Waals surface area contributed by atoms with Gasteiger partial charge < -0.3 is 24.8 Å². The molecule has 0 spiro atoms. The predicted molar refractivity (Wildman–Crippen MR) is 116 cm³/mol. The number of aromatic carboxylic acids is 1. The lowest BCUT2D eigenvalue weighted by Gasteiger charge is -2.25. The van der Waals surface area contributed by atoms with Gasteiger partial charge in [-0.1, -0.05) is 19.9 Å². The number of carbonyl (C=O) groups is 1. The molecule has 0 fully saturated rings. The maximum atomic E-state index is 14.0. The van der Waals surface area contributed by atoms with Crippen molar-refractivity contribution < 1.29 is 28.5 Å². The molecule has 3 rings (SSSR count). The van der Waals surface area contributed by atoms with E-state index in [4.69, 9.17) is 4.74 Å². The third kappa shape index (κ3) is 4.29. The van der Waals surface area contributed by atoms with Crippen molar-refractivity contribution >= 4 is 22.6 Å². The quantitative estimate of drug-likeness (QED) is 0.487. The Balaban J connectivity index is 2.21. The van der Waals surface area contributed by atoms with Crippen molar-refractivity contribution in [3.8, 4) is 5.75 Å². The molecule has 170 valence electrons. The molecule has 9 heteroatoms. The van der Waals surface area contributed by atoms with Crippen LogP contribution in [-0.2, 0) is 6.54 Å². The molecule has 0 bridgehead atoms. The molecule has 0 saturated heterocycles. The van der Waals surface area contributed by atoms with Crippen LogP contribution in [0, 0.1) is 17.6 Å². The number of carboxylic acid groups (broad SMARTS) is 1. The van der Waals surface area contributed by atoms with Crippen LogP contribution in [0.2, 0.25) is 0 Å². The van der Waals surface area contributed by atoms with E-state index < -0.39 is 34.6 Å². The standard InChI is InChI=1S/C23H24F2N2O5/c1-12(2)20(11-28)27-10-15(23(30)31)22(29)13-7-18(21(32-3)8-19(13)27)26-9-14-16(24)5-4-6-17(14)25/h4-8,10,12,20,26,28H,9,11H2,1-3H3,(H,30,31). The highest BCUT2D eigenvalue weighted by Crippen LogP contribution is 2.32. The number of ether oxygens (including phenoxy) is 1. The normalized spacial score (nSPS) is 12.2. The van der Waals surface area contributed by atoms with Gasteiger partial charge in [0.2, 0.25) is 5.43 Å². The Morgan fingerprint density at radius 3 is 2.41 bits per heavy atom. The Hall–Kier alpha value is -3.46. The number of nitrogens with zero attached hydrogens (tertiary/aromatic N) is 1. The third-order valence-corrected chi connectivity index (χ3v) is 5.42. The van der Waals surface area contributed by atoms with E-state index in [-0.39, 0.29) is 41.5 Å². The number of rotatable bonds is 8. The summed E-state index contributed by atoms with van der Waals surface area (Å²) in [6, 6.07) is 5.97. The molecule has 3 aromatic rings. The van der Waals surface area contributed by atoms with Gasteiger partial charge in [0.05, 0.1) is 31.0 Å². The number of aromatic nitrogens is 1. The summed E-state index contributed by atoms with van der Waals surface area (Å²) >= 11 is 0. The summed E-state index contributed by atoms with van der Waals surface area (Å²) < 4.78 is 34.9. The maximum Gasteiger partial charge on any atom is 0.341 e. The fourth-order valence-electron chi connectivity index (χ4n) is 3.62. The number of pyridine rings is 1. The SMILES string of the molecule is COc1cc2c(cc1NCc1c(F)cccc1F)c(=O)c(C(=O)O)cn2C(CO)C(C)C. The zero-order valence-electron chi connectivity index (χ0n) is 17.9. The second kappa shape index (κ2) is 9.35. The number of nitrogens with one attached hydrogen (secondary N) is 1. The van der Waals surface area contributed by atoms with Crippen LogP contribution in [0.4, 0.5) is 14.5 Å². The molecule has 0 aliphatic carbocycles. The monoisotopic (exact) mass is 446 g/mol. The second-order valence-electron chi connectivity index (χ2n) is 7.70. The van der Waals surface area contributed by atoms with Crippen molar-refractivity contribution in [1.82, 2.24) is 4.57 Å². The molecule has 2 aromatic carbocycles. The number of carboxylic acids is 1. The van der Waals surface area contributed by atoms with E-state index in [9.17, 15) is 28.6 Å². The average molecular weight is 446 g/mol. The molecule has 1 unspecified atom stereocenters. The zero-order chi connectivity index (χ0) is 23.6. The topological polar surface area (TPSA) is 101 Å². The van der Waals surface area contributed by atoms with Crippen LogP contribution in [0.5, 0.6) is 5.75 Å². The lowest BCUT2D eigenvalue weighted by Crippen LogP contribution is -2.25. The minimum absolute atomic E-state index is 0.0693. The van der Waals surface area contributed by atoms with Crippen molar-refractivity contribution in [2.45, 2.75) is 26.4 Å². The summed E-state index contributed by atoms with van der Waals surface area (Å²) in [5.41, 5.74) is -0.725. The van der Waals surface area contributed by atoms with Crippen LogP contribution in [-0.4, -0.2) is 34.5 Å². The molecule has 1 heterocycles. The first-order valence-electron chi connectivity index (χ1n) is 9.97. The predicted octanol–water partition coefficient (Wildman–Crippen LogP) is 3.79. The fraction of sp³-hybridized carbons (Fsp3) is 0.304. The molecule has 7 nitrogen and oxygen atoms in total. The van der Waals surface area contributed by atoms with Crippen molar-refractivity contribution in [2.24, 2.45) is 5.92 Å². The number of halogens is 2. The van der Waals surface area contributed by atoms with E-state index in [2.05, 4.69) is 5.32 Å². The van der Waals surface area contributed by atoms with E-state index in [1.54, 1.807) is 4.57 Å². The summed E-state index contributed by atoms with van der Waals surface area (Å²) in [4.78, 5) is 24.6. The minimum Gasteiger partial charge on any atom is -0.495 e. The average Bonchev–Trinajstić information content (AvgIpc) is 2.74. The van der Waals surface area contributed by atoms with Crippen LogP contribution in [0.3, 0.4) is 0 Å². The van der Waals surface area contributed by atoms with Crippen LogP contribution < -0.4 is 15.5 Å². The van der Waals surface area contributed by atoms with Gasteiger partial charge >= 0.3 is 5.97 Å². The van der Waals surface area contributed by atoms with Crippen molar-refractivity contribution in [2.75, 3.05) is 19.0 Å². The molecule has 3 N–H and O–H groups in total. The van der Waals surface area contributed by atoms with Crippen LogP contribution in [0.15, 0.2) is 41.3 Å². The smallest absolute Gasteiger partial charge is 0.341 e. The van der Waals surface area contributed by atoms with Gasteiger partial charge in [0.1, 0.15) is 22.9 Å². The maximum absolute atomic E-state index is 14.0. The van der Waals surface area contributed by atoms with Gasteiger partial charge in [-0.3, -0.25) is 4.79 Å². The van der Waals surface area contributed by atoms with E-state index in [1.165, 1.54) is 31.5 Å². The summed E-state index contributed by atoms with van der Waals surface area (Å²) in [6.07, 6.45) is 1.22. The number of hydrogen-bond donors (Lipinski definition) is 3. The number of fused-ring (bicyclic) bond motifs is 1. The minimum atomic E-state index is -1.40. The molecule has 1 atom stereocenters. The molecule has 0 radical (unpaired) electrons. The number of benzene rings is 2. The lowest BCUT2D eigenvalue weighted by atomic mass is 10.0. The molecule has 0 saturated carbocycles. The highest BCUT2D eigenvalue weighted by Gasteiger charge is 2.22. The second-order valence-corrected chi connectivity index (χ2v) is 7.70. The number of anilines is 1. The first-order valence-corrected chi connectivity index (χ1v) is 9.97. The van der Waals surface area contributed by atoms with Gasteiger partial charge in [-0.2, -0.15) is 0 Å². The summed E-state index contributed by atoms with van der Waals surface area (Å²) in [6.45, 7) is 3.23. The Kier molecular flexibility index (Phi) is 6.78. The molecular weight excluding hydrogens is 422 g/mol. The van der Waals surface area contributed by atoms with Crippen LogP contribution in [0.1, 0.15) is 35.8 Å². The zero-order valence-corrected chi connectivity index (χ0v) is 17.9. The van der Waals surface area contributed by atoms with E-state index in [0.29, 0.717) is 5.52 Å². The van der Waals surface area contributed by atoms with E-state index >= 15 is 0 Å². The molecule has 1 aromatic heterocycles. The summed E-state index contributed by atoms with van der Waals surface area (Å²) in [7, 11) is 1.40. The van der Waals surface area contributed by atoms with Crippen molar-refractivity contribution in [1.29, 1.82) is 0 Å². The lowest BCUT2D eigenvalue weighted by molar-refractivity contribution is 0.0694. The van der Waals surface area contributed by atoms with E-state index in [0.717, 1.165) is 12.1 Å². The highest BCUT2D eigenvalue weighted by molar-refractivity contribution is 5.94. The van der Waals surface area contributed by atoms with E-state index in [1.807, 2.05) is 13.8 Å². The third-order valence-electron chi connectivity index (χ3n) is 5.42. The molecular formula is C23H24F2N2O5. The molecule has 0 aliphatic heterocycles. The number of methoxy groups -OCH3 is 1. The first kappa shape index (κ1) is 23.2. The molecule has 0 aliphatic rings. The van der Waals surface area contributed by atoms with Gasteiger partial charge in [-0.25, -0.2) is 13.6 Å². The Morgan fingerprint density at radius 2 is 1.88 bits per heavy atom. The van der Waals surface area contributed by atoms with Gasteiger partial charge in [-0.15, -0.1) is 0 Å². The van der Waals surface area contributed by atoms with Crippen LogP contribution >= 0.6 is 0 Å². The largest absolute Gasteiger partial charge is 0.495 e. The summed E-state index contributed by atoms with van der Waals surface area (Å²) in [5.74, 6) is -2.64. The number of hydrogen-bond acceptors (Lipinski definition) is 5. The highest BCUT2D eigenvalue weighted by atomic mass is 19.1. The van der Waals surface area contributed by atoms with Gasteiger partial charge in [0.25, 0.3) is 0 Å². The van der Waals surface area contributed by atoms with Gasteiger partial charge in [-0.05, 0) is 24.1 Å². The number of aliphatic hydroxyl groups excluding tert-OH is 1. The van der Waals surface area contributed by atoms with Crippen molar-refractivity contribution in [3.05, 3.63) is 69.5 Å². The Bertz CT molecular complexity index is 1200. The summed E-state index contributed by atoms with van der Waals surface area (Å²) in [5, 5.41) is 22.4. The van der Waals surface area contributed by atoms with Gasteiger partial charge in [0, 0.05) is 29.8 Å². The molecule has 32 heavy (non-hydrogen) atoms. The number of aliphatic hydroxyl groups is 1.